The second kappa shape index (κ2) is 16.4. The van der Waals surface area contributed by atoms with E-state index in [1.807, 2.05) is 6.08 Å². The van der Waals surface area contributed by atoms with E-state index in [0.717, 1.165) is 6.42 Å². The third-order valence-electron chi connectivity index (χ3n) is 10.9. The van der Waals surface area contributed by atoms with Gasteiger partial charge in [0.05, 0.1) is 31.2 Å². The van der Waals surface area contributed by atoms with Gasteiger partial charge in [-0.05, 0) is 61.6 Å². The van der Waals surface area contributed by atoms with Crippen LogP contribution < -0.4 is 15.4 Å². The van der Waals surface area contributed by atoms with E-state index in [1.165, 1.54) is 40.1 Å². The minimum absolute atomic E-state index is 0.0221. The summed E-state index contributed by atoms with van der Waals surface area (Å²) in [5.74, 6) is -3.36. The molecule has 18 heteroatoms. The second-order valence-corrected chi connectivity index (χ2v) is 16.9. The number of sulfonamides is 1. The Kier molecular flexibility index (Phi) is 11.6. The van der Waals surface area contributed by atoms with Crippen LogP contribution in [0.3, 0.4) is 0 Å². The van der Waals surface area contributed by atoms with Gasteiger partial charge in [0.25, 0.3) is 15.9 Å². The molecule has 4 aliphatic heterocycles. The molecule has 1 unspecified atom stereocenters. The number of alkyl carbamates (subject to hydrolysis) is 1. The summed E-state index contributed by atoms with van der Waals surface area (Å²) < 4.78 is 59.7. The zero-order chi connectivity index (χ0) is 39.6. The van der Waals surface area contributed by atoms with Crippen molar-refractivity contribution in [3.8, 4) is 0 Å². The van der Waals surface area contributed by atoms with Gasteiger partial charge in [-0.1, -0.05) is 48.7 Å². The van der Waals surface area contributed by atoms with Crippen molar-refractivity contribution in [1.82, 2.24) is 25.2 Å². The highest BCUT2D eigenvalue weighted by Gasteiger charge is 2.61. The Bertz CT molecular complexity index is 2010. The monoisotopic (exact) mass is 815 g/mol. The van der Waals surface area contributed by atoms with Gasteiger partial charge < -0.3 is 29.7 Å². The molecule has 5 amide bonds. The zero-order valence-electron chi connectivity index (χ0n) is 30.4. The van der Waals surface area contributed by atoms with E-state index in [9.17, 15) is 36.8 Å². The molecule has 4 heterocycles. The number of hydrogen-bond donors (Lipinski definition) is 3. The van der Waals surface area contributed by atoms with Gasteiger partial charge in [0.15, 0.2) is 0 Å². The van der Waals surface area contributed by atoms with Crippen LogP contribution in [0.2, 0.25) is 5.02 Å². The molecule has 1 saturated carbocycles. The molecule has 0 bridgehead atoms. The van der Waals surface area contributed by atoms with E-state index in [2.05, 4.69) is 15.4 Å². The minimum atomic E-state index is -4.37. The highest BCUT2D eigenvalue weighted by molar-refractivity contribution is 7.90. The molecule has 5 aliphatic rings. The van der Waals surface area contributed by atoms with Crippen LogP contribution in [-0.2, 0) is 51.7 Å². The molecule has 3 N–H and O–H groups in total. The lowest BCUT2D eigenvalue weighted by molar-refractivity contribution is -0.141. The Balaban J connectivity index is 1.13. The second-order valence-electron chi connectivity index (χ2n) is 14.8. The molecular weight excluding hydrogens is 773 g/mol. The molecular formula is C38H43ClFN5O10S. The fourth-order valence-electron chi connectivity index (χ4n) is 7.71. The Hall–Kier alpha value is -4.74. The van der Waals surface area contributed by atoms with E-state index < -0.39 is 81.5 Å². The van der Waals surface area contributed by atoms with Crippen LogP contribution in [0.5, 0.6) is 0 Å². The maximum Gasteiger partial charge on any atom is 0.410 e. The van der Waals surface area contributed by atoms with E-state index in [4.69, 9.17) is 25.8 Å². The van der Waals surface area contributed by atoms with Crippen molar-refractivity contribution in [3.63, 3.8) is 0 Å². The molecule has 6 atom stereocenters. The summed E-state index contributed by atoms with van der Waals surface area (Å²) in [6.45, 7) is 0.524. The first-order valence-electron chi connectivity index (χ1n) is 18.7. The summed E-state index contributed by atoms with van der Waals surface area (Å²) in [6.07, 6.45) is 3.82. The molecule has 7 rings (SSSR count). The first-order valence-corrected chi connectivity index (χ1v) is 20.6. The first kappa shape index (κ1) is 39.5. The molecule has 1 aliphatic carbocycles. The van der Waals surface area contributed by atoms with Crippen LogP contribution >= 0.6 is 11.6 Å². The minimum Gasteiger partial charge on any atom is -0.444 e. The predicted octanol–water partition coefficient (Wildman–Crippen LogP) is 3.68. The average molecular weight is 816 g/mol. The summed E-state index contributed by atoms with van der Waals surface area (Å²) in [7, 11) is -4.37. The fraction of sp³-hybridized carbons (Fsp3) is 0.500. The number of nitrogens with zero attached hydrogens (tertiary/aromatic N) is 2. The summed E-state index contributed by atoms with van der Waals surface area (Å²) in [6, 6.07) is 7.41. The first-order chi connectivity index (χ1) is 26.8. The van der Waals surface area contributed by atoms with Crippen molar-refractivity contribution < 1.29 is 51.0 Å². The van der Waals surface area contributed by atoms with Crippen molar-refractivity contribution in [2.45, 2.75) is 99.2 Å². The number of halogens is 2. The molecule has 2 aromatic carbocycles. The fourth-order valence-corrected chi connectivity index (χ4v) is 8.88. The summed E-state index contributed by atoms with van der Waals surface area (Å²) in [5, 5.41) is 5.74. The lowest BCUT2D eigenvalue weighted by Crippen LogP contribution is -2.58. The smallest absolute Gasteiger partial charge is 0.410 e. The highest BCUT2D eigenvalue weighted by atomic mass is 35.5. The zero-order valence-corrected chi connectivity index (χ0v) is 32.0. The third kappa shape index (κ3) is 8.64. The standard InChI is InChI=1S/C38H43ClFN5O10S/c39-25-11-13-28(14-12-25)56(51,52)43-35(48)38-18-24(38)8-4-2-1-3-5-10-31(41-36(49)54-26-15-16-53-22-26)34(47)45-20-27(17-32(45)33(46)42-38)55-37(50)44-19-23-7-6-9-30(40)29(23)21-44/h4,6-9,11-14,24,26-27,31-32H,1-3,5,10,15-22H2,(H,41,49)(H,42,46)(H,43,48)/t24-,26?,27-,31+,32+,38-/m1/s1. The maximum atomic E-state index is 14.5. The average Bonchev–Trinajstić information content (AvgIpc) is 3.58. The Morgan fingerprint density at radius 1 is 1.00 bits per heavy atom. The number of rotatable bonds is 6. The van der Waals surface area contributed by atoms with Gasteiger partial charge in [-0.25, -0.2) is 27.1 Å². The third-order valence-corrected chi connectivity index (χ3v) is 12.5. The molecule has 2 aromatic rings. The molecule has 2 saturated heterocycles. The number of carbonyl (C=O) groups excluding carboxylic acids is 5. The van der Waals surface area contributed by atoms with E-state index in [1.54, 1.807) is 18.2 Å². The van der Waals surface area contributed by atoms with Gasteiger partial charge in [-0.3, -0.25) is 19.3 Å². The molecule has 56 heavy (non-hydrogen) atoms. The predicted molar refractivity (Wildman–Crippen MR) is 197 cm³/mol. The lowest BCUT2D eigenvalue weighted by atomic mass is 10.0. The molecule has 0 radical (unpaired) electrons. The Morgan fingerprint density at radius 2 is 1.80 bits per heavy atom. The topological polar surface area (TPSA) is 190 Å². The van der Waals surface area contributed by atoms with Crippen molar-refractivity contribution >= 4 is 51.5 Å². The number of amides is 5. The quantitative estimate of drug-likeness (QED) is 0.363. The van der Waals surface area contributed by atoms with E-state index >= 15 is 0 Å². The summed E-state index contributed by atoms with van der Waals surface area (Å²) >= 11 is 5.93. The Morgan fingerprint density at radius 3 is 2.55 bits per heavy atom. The van der Waals surface area contributed by atoms with Crippen molar-refractivity contribution in [2.75, 3.05) is 19.8 Å². The summed E-state index contributed by atoms with van der Waals surface area (Å²) in [4.78, 5) is 71.4. The van der Waals surface area contributed by atoms with Crippen LogP contribution in [0.25, 0.3) is 0 Å². The number of carbonyl (C=O) groups is 5. The van der Waals surface area contributed by atoms with Crippen molar-refractivity contribution in [2.24, 2.45) is 5.92 Å². The number of benzene rings is 2. The van der Waals surface area contributed by atoms with Crippen LogP contribution in [0, 0.1) is 11.7 Å². The molecule has 3 fully saturated rings. The Labute approximate surface area is 328 Å². The van der Waals surface area contributed by atoms with Gasteiger partial charge in [-0.15, -0.1) is 0 Å². The molecule has 0 spiro atoms. The molecule has 15 nitrogen and oxygen atoms in total. The SMILES string of the molecule is O=C(N[C@H]1CCCCCC=C[C@@H]2C[C@@]2(C(=O)NS(=O)(=O)c2ccc(Cl)cc2)NC(=O)[C@@H]2C[C@@H](OC(=O)N3Cc4cccc(F)c4C3)CN2C1=O)OC1CCOC1. The van der Waals surface area contributed by atoms with Crippen molar-refractivity contribution in [3.05, 3.63) is 76.6 Å². The van der Waals surface area contributed by atoms with Gasteiger partial charge in [0, 0.05) is 35.9 Å². The van der Waals surface area contributed by atoms with Crippen molar-refractivity contribution in [1.29, 1.82) is 0 Å². The summed E-state index contributed by atoms with van der Waals surface area (Å²) in [5.41, 5.74) is -0.666. The highest BCUT2D eigenvalue weighted by Crippen LogP contribution is 2.46. The number of allylic oxidation sites excluding steroid dienone is 1. The number of fused-ring (bicyclic) bond motifs is 3. The van der Waals surface area contributed by atoms with Crippen LogP contribution in [0.15, 0.2) is 59.5 Å². The number of hydrogen-bond acceptors (Lipinski definition) is 10. The number of ether oxygens (including phenoxy) is 3. The van der Waals surface area contributed by atoms with E-state index in [0.29, 0.717) is 48.4 Å². The lowest BCUT2D eigenvalue weighted by Gasteiger charge is -2.30. The normalized spacial score (nSPS) is 27.9. The maximum absolute atomic E-state index is 14.5. The largest absolute Gasteiger partial charge is 0.444 e. The van der Waals surface area contributed by atoms with Crippen LogP contribution in [0.4, 0.5) is 14.0 Å². The molecule has 300 valence electrons. The van der Waals surface area contributed by atoms with Crippen LogP contribution in [-0.4, -0.2) is 97.7 Å². The van der Waals surface area contributed by atoms with Gasteiger partial charge in [-0.2, -0.15) is 0 Å². The van der Waals surface area contributed by atoms with Gasteiger partial charge in [0.2, 0.25) is 11.8 Å². The number of nitrogens with one attached hydrogen (secondary N) is 3. The van der Waals surface area contributed by atoms with E-state index in [-0.39, 0.29) is 50.4 Å². The van der Waals surface area contributed by atoms with Crippen LogP contribution in [0.1, 0.15) is 62.5 Å². The molecule has 0 aromatic heterocycles. The van der Waals surface area contributed by atoms with Gasteiger partial charge >= 0.3 is 12.2 Å². The van der Waals surface area contributed by atoms with Gasteiger partial charge in [0.1, 0.15) is 35.6 Å².